The molecule has 4 heteroatoms. The molecular weight excluding hydrogens is 163 g/mol. The fraction of sp³-hybridized carbons (Fsp3) is 0.714. The lowest BCUT2D eigenvalue weighted by Crippen LogP contribution is -1.72. The first-order chi connectivity index (χ1) is 5.06. The molecule has 0 saturated heterocycles. The van der Waals surface area contributed by atoms with E-state index in [2.05, 4.69) is 6.92 Å². The van der Waals surface area contributed by atoms with E-state index in [0.29, 0.717) is 0 Å². The van der Waals surface area contributed by atoms with Crippen molar-refractivity contribution in [3.63, 3.8) is 0 Å². The zero-order chi connectivity index (χ0) is 8.74. The highest BCUT2D eigenvalue weighted by molar-refractivity contribution is 7.55. The highest BCUT2D eigenvalue weighted by Crippen LogP contribution is 2.36. The minimum Gasteiger partial charge on any atom is -0.321 e. The number of hydrogen-bond donors (Lipinski definition) is 2. The van der Waals surface area contributed by atoms with Crippen molar-refractivity contribution < 1.29 is 14.4 Å². The molecule has 0 unspecified atom stereocenters. The van der Waals surface area contributed by atoms with Crippen LogP contribution in [-0.2, 0) is 4.57 Å². The molecule has 0 radical (unpaired) electrons. The summed E-state index contributed by atoms with van der Waals surface area (Å²) in [5.41, 5.74) is 0. The zero-order valence-electron chi connectivity index (χ0n) is 6.73. The van der Waals surface area contributed by atoms with Crippen LogP contribution in [0.15, 0.2) is 11.9 Å². The molecule has 3 nitrogen and oxygen atoms in total. The molecule has 0 aliphatic carbocycles. The van der Waals surface area contributed by atoms with Gasteiger partial charge >= 0.3 is 7.60 Å². The predicted octanol–water partition coefficient (Wildman–Crippen LogP) is 2.26. The number of hydrogen-bond acceptors (Lipinski definition) is 1. The Hall–Kier alpha value is -0.110. The van der Waals surface area contributed by atoms with Gasteiger partial charge in [-0.05, 0) is 12.8 Å². The van der Waals surface area contributed by atoms with Crippen molar-refractivity contribution in [3.8, 4) is 0 Å². The van der Waals surface area contributed by atoms with E-state index in [1.807, 2.05) is 0 Å². The van der Waals surface area contributed by atoms with Gasteiger partial charge in [0.25, 0.3) is 0 Å². The molecule has 0 aromatic rings. The van der Waals surface area contributed by atoms with E-state index in [-0.39, 0.29) is 0 Å². The van der Waals surface area contributed by atoms with Crippen molar-refractivity contribution in [3.05, 3.63) is 11.9 Å². The van der Waals surface area contributed by atoms with E-state index >= 15 is 0 Å². The Labute approximate surface area is 67.3 Å². The molecule has 11 heavy (non-hydrogen) atoms. The van der Waals surface area contributed by atoms with Gasteiger partial charge in [-0.1, -0.05) is 25.8 Å². The first-order valence-electron chi connectivity index (χ1n) is 3.79. The molecule has 2 N–H and O–H groups in total. The van der Waals surface area contributed by atoms with Crippen molar-refractivity contribution in [1.29, 1.82) is 0 Å². The molecule has 0 bridgehead atoms. The second kappa shape index (κ2) is 5.53. The third-order valence-electron chi connectivity index (χ3n) is 1.27. The van der Waals surface area contributed by atoms with Crippen LogP contribution in [0.4, 0.5) is 0 Å². The smallest absolute Gasteiger partial charge is 0.321 e. The van der Waals surface area contributed by atoms with Gasteiger partial charge in [0.05, 0.1) is 0 Å². The highest BCUT2D eigenvalue weighted by atomic mass is 31.2. The highest BCUT2D eigenvalue weighted by Gasteiger charge is 2.03. The lowest BCUT2D eigenvalue weighted by atomic mass is 10.2. The molecule has 0 fully saturated rings. The average Bonchev–Trinajstić information content (AvgIpc) is 1.85. The molecular formula is C7H15O3P. The molecule has 0 saturated carbocycles. The number of allylic oxidation sites excluding steroid dienone is 1. The molecule has 0 spiro atoms. The maximum absolute atomic E-state index is 10.3. The van der Waals surface area contributed by atoms with Crippen LogP contribution in [0.1, 0.15) is 32.6 Å². The minimum absolute atomic E-state index is 0.763. The van der Waals surface area contributed by atoms with Crippen molar-refractivity contribution in [2.24, 2.45) is 0 Å². The summed E-state index contributed by atoms with van der Waals surface area (Å²) in [5, 5.41) is 0. The fourth-order valence-electron chi connectivity index (χ4n) is 0.724. The fourth-order valence-corrected chi connectivity index (χ4v) is 1.15. The van der Waals surface area contributed by atoms with Crippen LogP contribution in [0, 0.1) is 0 Å². The zero-order valence-corrected chi connectivity index (χ0v) is 7.63. The third-order valence-corrected chi connectivity index (χ3v) is 1.87. The Morgan fingerprint density at radius 3 is 2.45 bits per heavy atom. The van der Waals surface area contributed by atoms with E-state index in [0.717, 1.165) is 31.5 Å². The van der Waals surface area contributed by atoms with Crippen LogP contribution in [0.2, 0.25) is 0 Å². The van der Waals surface area contributed by atoms with Crippen molar-refractivity contribution >= 4 is 7.60 Å². The SMILES string of the molecule is CCCCCC=CP(=O)(O)O. The standard InChI is InChI=1S/C7H15O3P/c1-2-3-4-5-6-7-11(8,9)10/h6-7H,2-5H2,1H3,(H2,8,9,10). The van der Waals surface area contributed by atoms with Crippen LogP contribution in [0.5, 0.6) is 0 Å². The molecule has 0 aromatic carbocycles. The van der Waals surface area contributed by atoms with Crippen molar-refractivity contribution in [2.45, 2.75) is 32.6 Å². The number of unbranched alkanes of at least 4 members (excludes halogenated alkanes) is 3. The van der Waals surface area contributed by atoms with Crippen LogP contribution in [0.3, 0.4) is 0 Å². The lowest BCUT2D eigenvalue weighted by molar-refractivity contribution is 0.386. The lowest BCUT2D eigenvalue weighted by Gasteiger charge is -1.94. The molecule has 0 aromatic heterocycles. The topological polar surface area (TPSA) is 57.5 Å². The maximum atomic E-state index is 10.3. The molecule has 0 rings (SSSR count). The van der Waals surface area contributed by atoms with Gasteiger partial charge < -0.3 is 9.79 Å². The van der Waals surface area contributed by atoms with Crippen LogP contribution >= 0.6 is 7.60 Å². The summed E-state index contributed by atoms with van der Waals surface area (Å²) in [6.07, 6.45) is 5.57. The first kappa shape index (κ1) is 10.9. The monoisotopic (exact) mass is 178 g/mol. The quantitative estimate of drug-likeness (QED) is 0.501. The average molecular weight is 178 g/mol. The Kier molecular flexibility index (Phi) is 5.47. The third kappa shape index (κ3) is 9.89. The van der Waals surface area contributed by atoms with Gasteiger partial charge in [0.1, 0.15) is 0 Å². The van der Waals surface area contributed by atoms with Gasteiger partial charge in [0.2, 0.25) is 0 Å². The summed E-state index contributed by atoms with van der Waals surface area (Å²) < 4.78 is 10.3. The predicted molar refractivity (Wildman–Crippen MR) is 45.3 cm³/mol. The van der Waals surface area contributed by atoms with E-state index < -0.39 is 7.60 Å². The second-order valence-corrected chi connectivity index (χ2v) is 3.95. The van der Waals surface area contributed by atoms with Gasteiger partial charge in [-0.25, -0.2) is 0 Å². The van der Waals surface area contributed by atoms with Gasteiger partial charge in [0.15, 0.2) is 0 Å². The van der Waals surface area contributed by atoms with Crippen molar-refractivity contribution in [1.82, 2.24) is 0 Å². The van der Waals surface area contributed by atoms with E-state index in [1.54, 1.807) is 6.08 Å². The Morgan fingerprint density at radius 1 is 1.36 bits per heavy atom. The van der Waals surface area contributed by atoms with Gasteiger partial charge in [-0.15, -0.1) is 0 Å². The summed E-state index contributed by atoms with van der Waals surface area (Å²) in [4.78, 5) is 16.8. The van der Waals surface area contributed by atoms with Crippen LogP contribution in [0.25, 0.3) is 0 Å². The molecule has 66 valence electrons. The normalized spacial score (nSPS) is 12.6. The summed E-state index contributed by atoms with van der Waals surface area (Å²) in [5.74, 6) is 0.975. The molecule has 0 heterocycles. The summed E-state index contributed by atoms with van der Waals surface area (Å²) in [7, 11) is -3.89. The maximum Gasteiger partial charge on any atom is 0.348 e. The summed E-state index contributed by atoms with van der Waals surface area (Å²) >= 11 is 0. The molecule has 0 aliphatic rings. The first-order valence-corrected chi connectivity index (χ1v) is 5.47. The van der Waals surface area contributed by atoms with E-state index in [9.17, 15) is 4.57 Å². The minimum atomic E-state index is -3.89. The van der Waals surface area contributed by atoms with Crippen LogP contribution < -0.4 is 0 Å². The van der Waals surface area contributed by atoms with Crippen molar-refractivity contribution in [2.75, 3.05) is 0 Å². The van der Waals surface area contributed by atoms with Gasteiger partial charge in [0, 0.05) is 5.82 Å². The van der Waals surface area contributed by atoms with Crippen LogP contribution in [-0.4, -0.2) is 9.79 Å². The molecule has 0 aliphatic heterocycles. The van der Waals surface area contributed by atoms with E-state index in [4.69, 9.17) is 9.79 Å². The largest absolute Gasteiger partial charge is 0.348 e. The van der Waals surface area contributed by atoms with Gasteiger partial charge in [-0.3, -0.25) is 4.57 Å². The second-order valence-electron chi connectivity index (χ2n) is 2.47. The Bertz CT molecular complexity index is 159. The summed E-state index contributed by atoms with van der Waals surface area (Å²) in [6.45, 7) is 2.09. The molecule has 0 atom stereocenters. The van der Waals surface area contributed by atoms with E-state index in [1.165, 1.54) is 0 Å². The van der Waals surface area contributed by atoms with Gasteiger partial charge in [-0.2, -0.15) is 0 Å². The Morgan fingerprint density at radius 2 is 2.00 bits per heavy atom. The number of rotatable bonds is 5. The molecule has 0 amide bonds. The Balaban J connectivity index is 3.38. The summed E-state index contributed by atoms with van der Waals surface area (Å²) in [6, 6.07) is 0.